The summed E-state index contributed by atoms with van der Waals surface area (Å²) >= 11 is 0. The lowest BCUT2D eigenvalue weighted by atomic mass is 10.2. The molecule has 2 N–H and O–H groups in total. The molecule has 1 saturated heterocycles. The fourth-order valence-electron chi connectivity index (χ4n) is 3.07. The zero-order chi connectivity index (χ0) is 14.8. The first kappa shape index (κ1) is 14.6. The van der Waals surface area contributed by atoms with E-state index in [4.69, 9.17) is 4.98 Å². The second-order valence-corrected chi connectivity index (χ2v) is 6.20. The third kappa shape index (κ3) is 3.28. The molecule has 1 saturated carbocycles. The minimum atomic E-state index is 0.526. The van der Waals surface area contributed by atoms with Crippen molar-refractivity contribution in [3.8, 4) is 0 Å². The summed E-state index contributed by atoms with van der Waals surface area (Å²) < 4.78 is 0. The summed E-state index contributed by atoms with van der Waals surface area (Å²) in [6.45, 7) is 9.59. The summed E-state index contributed by atoms with van der Waals surface area (Å²) in [6.07, 6.45) is 4.87. The molecule has 2 fully saturated rings. The van der Waals surface area contributed by atoms with Gasteiger partial charge in [-0.1, -0.05) is 6.92 Å². The van der Waals surface area contributed by atoms with Gasteiger partial charge in [0.05, 0.1) is 0 Å². The average Bonchev–Trinajstić information content (AvgIpc) is 3.23. The normalized spacial score (nSPS) is 22.5. The van der Waals surface area contributed by atoms with E-state index in [-0.39, 0.29) is 0 Å². The molecule has 1 aliphatic carbocycles. The summed E-state index contributed by atoms with van der Waals surface area (Å²) in [5, 5.41) is 7.01. The molecular weight excluding hydrogens is 262 g/mol. The van der Waals surface area contributed by atoms with Gasteiger partial charge in [0.2, 0.25) is 0 Å². The minimum absolute atomic E-state index is 0.526. The van der Waals surface area contributed by atoms with E-state index in [2.05, 4.69) is 41.3 Å². The van der Waals surface area contributed by atoms with Gasteiger partial charge in [-0.3, -0.25) is 4.90 Å². The van der Waals surface area contributed by atoms with Crippen LogP contribution in [0, 0.1) is 6.92 Å². The Morgan fingerprint density at radius 3 is 2.57 bits per heavy atom. The summed E-state index contributed by atoms with van der Waals surface area (Å²) in [4.78, 5) is 11.9. The number of likely N-dealkylation sites (tertiary alicyclic amines) is 1. The predicted octanol–water partition coefficient (Wildman–Crippen LogP) is 2.43. The molecule has 116 valence electrons. The first-order valence-corrected chi connectivity index (χ1v) is 8.33. The summed E-state index contributed by atoms with van der Waals surface area (Å²) in [5.74, 6) is 2.90. The number of aryl methyl sites for hydroxylation is 1. The number of nitrogens with one attached hydrogen (secondary N) is 2. The molecule has 1 atom stereocenters. The fraction of sp³-hybridized carbons (Fsp3) is 0.750. The average molecular weight is 289 g/mol. The van der Waals surface area contributed by atoms with Gasteiger partial charge >= 0.3 is 0 Å². The van der Waals surface area contributed by atoms with E-state index in [9.17, 15) is 0 Å². The Morgan fingerprint density at radius 2 is 1.90 bits per heavy atom. The van der Waals surface area contributed by atoms with Gasteiger partial charge in [-0.25, -0.2) is 9.97 Å². The Kier molecular flexibility index (Phi) is 4.29. The van der Waals surface area contributed by atoms with Crippen LogP contribution in [-0.4, -0.2) is 46.6 Å². The van der Waals surface area contributed by atoms with E-state index < -0.39 is 0 Å². The molecule has 0 spiro atoms. The Labute approximate surface area is 127 Å². The molecule has 1 aromatic rings. The van der Waals surface area contributed by atoms with Crippen LogP contribution in [0.25, 0.3) is 0 Å². The Bertz CT molecular complexity index is 498. The zero-order valence-electron chi connectivity index (χ0n) is 13.4. The highest BCUT2D eigenvalue weighted by Crippen LogP contribution is 2.31. The summed E-state index contributed by atoms with van der Waals surface area (Å²) in [5.41, 5.74) is 1.14. The second-order valence-electron chi connectivity index (χ2n) is 6.20. The molecular formula is C16H27N5. The van der Waals surface area contributed by atoms with Gasteiger partial charge in [-0.15, -0.1) is 0 Å². The summed E-state index contributed by atoms with van der Waals surface area (Å²) in [6, 6.07) is 1.39. The molecule has 0 aromatic carbocycles. The molecule has 0 bridgehead atoms. The topological polar surface area (TPSA) is 53.1 Å². The highest BCUT2D eigenvalue weighted by Gasteiger charge is 2.34. The van der Waals surface area contributed by atoms with Crippen molar-refractivity contribution in [1.82, 2.24) is 14.9 Å². The lowest BCUT2D eigenvalue weighted by molar-refractivity contribution is 0.326. The molecule has 2 aliphatic rings. The second kappa shape index (κ2) is 6.18. The minimum Gasteiger partial charge on any atom is -0.370 e. The van der Waals surface area contributed by atoms with Crippen molar-refractivity contribution >= 4 is 11.6 Å². The van der Waals surface area contributed by atoms with Crippen LogP contribution in [0.4, 0.5) is 11.6 Å². The van der Waals surface area contributed by atoms with Crippen LogP contribution in [0.2, 0.25) is 0 Å². The summed E-state index contributed by atoms with van der Waals surface area (Å²) in [7, 11) is 0. The van der Waals surface area contributed by atoms with Crippen molar-refractivity contribution in [3.05, 3.63) is 11.4 Å². The van der Waals surface area contributed by atoms with Crippen LogP contribution in [-0.2, 0) is 6.42 Å². The third-order valence-corrected chi connectivity index (χ3v) is 4.48. The van der Waals surface area contributed by atoms with Gasteiger partial charge in [-0.05, 0) is 33.1 Å². The van der Waals surface area contributed by atoms with Crippen molar-refractivity contribution in [2.45, 2.75) is 58.5 Å². The first-order chi connectivity index (χ1) is 10.2. The molecule has 0 amide bonds. The zero-order valence-corrected chi connectivity index (χ0v) is 13.4. The van der Waals surface area contributed by atoms with Crippen molar-refractivity contribution < 1.29 is 0 Å². The van der Waals surface area contributed by atoms with Crippen molar-refractivity contribution in [3.63, 3.8) is 0 Å². The van der Waals surface area contributed by atoms with E-state index in [1.54, 1.807) is 0 Å². The van der Waals surface area contributed by atoms with Gasteiger partial charge < -0.3 is 10.6 Å². The highest BCUT2D eigenvalue weighted by atomic mass is 15.2. The maximum Gasteiger partial charge on any atom is 0.135 e. The van der Waals surface area contributed by atoms with Gasteiger partial charge in [0.1, 0.15) is 17.5 Å². The van der Waals surface area contributed by atoms with Crippen LogP contribution in [0.5, 0.6) is 0 Å². The molecule has 0 radical (unpaired) electrons. The predicted molar refractivity (Wildman–Crippen MR) is 86.9 cm³/mol. The maximum absolute atomic E-state index is 4.70. The third-order valence-electron chi connectivity index (χ3n) is 4.48. The van der Waals surface area contributed by atoms with Crippen LogP contribution in [0.15, 0.2) is 0 Å². The van der Waals surface area contributed by atoms with Crippen molar-refractivity contribution in [2.24, 2.45) is 0 Å². The van der Waals surface area contributed by atoms with Crippen LogP contribution in [0.1, 0.15) is 44.5 Å². The maximum atomic E-state index is 4.70. The largest absolute Gasteiger partial charge is 0.370 e. The molecule has 2 heterocycles. The highest BCUT2D eigenvalue weighted by molar-refractivity contribution is 5.57. The fourth-order valence-corrected chi connectivity index (χ4v) is 3.07. The monoisotopic (exact) mass is 289 g/mol. The SMILES string of the molecule is CCNc1nc(CC)nc(NC2CCN(C3CC3)C2)c1C. The van der Waals surface area contributed by atoms with Crippen molar-refractivity contribution in [1.29, 1.82) is 0 Å². The van der Waals surface area contributed by atoms with Crippen LogP contribution < -0.4 is 10.6 Å². The smallest absolute Gasteiger partial charge is 0.135 e. The standard InChI is InChI=1S/C16H27N5/c1-4-14-19-15(17-5-2)11(3)16(20-14)18-12-8-9-21(10-12)13-6-7-13/h12-13H,4-10H2,1-3H3,(H2,17,18,19,20). The van der Waals surface area contributed by atoms with Crippen molar-refractivity contribution in [2.75, 3.05) is 30.3 Å². The Hall–Kier alpha value is -1.36. The van der Waals surface area contributed by atoms with Gasteiger partial charge in [0.15, 0.2) is 0 Å². The first-order valence-electron chi connectivity index (χ1n) is 8.33. The molecule has 1 aliphatic heterocycles. The molecule has 1 unspecified atom stereocenters. The number of hydrogen-bond donors (Lipinski definition) is 2. The number of rotatable bonds is 6. The van der Waals surface area contributed by atoms with Gasteiger partial charge in [0, 0.05) is 43.7 Å². The number of hydrogen-bond acceptors (Lipinski definition) is 5. The molecule has 21 heavy (non-hydrogen) atoms. The van der Waals surface area contributed by atoms with Gasteiger partial charge in [-0.2, -0.15) is 0 Å². The number of anilines is 2. The Morgan fingerprint density at radius 1 is 1.14 bits per heavy atom. The lowest BCUT2D eigenvalue weighted by Crippen LogP contribution is -2.28. The number of aromatic nitrogens is 2. The van der Waals surface area contributed by atoms with Gasteiger partial charge in [0.25, 0.3) is 0 Å². The molecule has 5 heteroatoms. The quantitative estimate of drug-likeness (QED) is 0.842. The van der Waals surface area contributed by atoms with Crippen LogP contribution >= 0.6 is 0 Å². The Balaban J connectivity index is 1.72. The van der Waals surface area contributed by atoms with Crippen LogP contribution in [0.3, 0.4) is 0 Å². The molecule has 3 rings (SSSR count). The van der Waals surface area contributed by atoms with E-state index in [1.807, 2.05) is 0 Å². The van der Waals surface area contributed by atoms with E-state index in [1.165, 1.54) is 25.8 Å². The molecule has 1 aromatic heterocycles. The number of nitrogens with zero attached hydrogens (tertiary/aromatic N) is 3. The lowest BCUT2D eigenvalue weighted by Gasteiger charge is -2.19. The van der Waals surface area contributed by atoms with E-state index in [0.717, 1.165) is 48.6 Å². The van der Waals surface area contributed by atoms with E-state index in [0.29, 0.717) is 6.04 Å². The molecule has 5 nitrogen and oxygen atoms in total. The van der Waals surface area contributed by atoms with E-state index >= 15 is 0 Å².